The van der Waals surface area contributed by atoms with Crippen molar-refractivity contribution in [2.45, 2.75) is 26.2 Å². The first-order valence-corrected chi connectivity index (χ1v) is 8.32. The summed E-state index contributed by atoms with van der Waals surface area (Å²) in [7, 11) is -0.969. The molecule has 1 unspecified atom stereocenters. The fraction of sp³-hybridized carbons (Fsp3) is 0.750. The fourth-order valence-electron chi connectivity index (χ4n) is 1.86. The van der Waals surface area contributed by atoms with Crippen LogP contribution in [0.15, 0.2) is 11.6 Å². The van der Waals surface area contributed by atoms with Gasteiger partial charge in [0, 0.05) is 24.3 Å². The highest BCUT2D eigenvalue weighted by Gasteiger charge is 2.37. The van der Waals surface area contributed by atoms with Crippen molar-refractivity contribution >= 4 is 16.3 Å². The molecule has 1 fully saturated rings. The molecule has 3 nitrogen and oxygen atoms in total. The number of hydrogen-bond donors (Lipinski definition) is 0. The van der Waals surface area contributed by atoms with Crippen molar-refractivity contribution in [3.63, 3.8) is 0 Å². The summed E-state index contributed by atoms with van der Waals surface area (Å²) in [5.74, 6) is 1.77. The van der Waals surface area contributed by atoms with Crippen molar-refractivity contribution in [3.05, 3.63) is 11.6 Å². The number of carbonyl (C=O) groups excluding carboxylic acids is 1. The Morgan fingerprint density at radius 1 is 1.53 bits per heavy atom. The molecule has 1 aliphatic heterocycles. The van der Waals surface area contributed by atoms with E-state index in [0.29, 0.717) is 25.2 Å². The van der Waals surface area contributed by atoms with Gasteiger partial charge >= 0.3 is 5.97 Å². The molecule has 2 aliphatic rings. The Morgan fingerprint density at radius 2 is 2.24 bits per heavy atom. The molecule has 0 aromatic rings. The summed E-state index contributed by atoms with van der Waals surface area (Å²) in [5, 5.41) is 0. The molecule has 0 aromatic carbocycles. The molecule has 1 saturated heterocycles. The zero-order valence-corrected chi connectivity index (χ0v) is 11.1. The molecule has 0 saturated carbocycles. The molecular formula is C12H19FO3S. The second kappa shape index (κ2) is 4.88. The zero-order chi connectivity index (χ0) is 12.5. The van der Waals surface area contributed by atoms with Crippen LogP contribution in [0.4, 0.5) is 4.39 Å². The van der Waals surface area contributed by atoms with E-state index in [1.807, 2.05) is 0 Å². The number of halogens is 1. The van der Waals surface area contributed by atoms with Gasteiger partial charge in [0.2, 0.25) is 0 Å². The van der Waals surface area contributed by atoms with Crippen molar-refractivity contribution in [1.29, 1.82) is 0 Å². The van der Waals surface area contributed by atoms with E-state index >= 15 is 0 Å². The number of esters is 1. The van der Waals surface area contributed by atoms with Gasteiger partial charge in [-0.25, -0.2) is 4.39 Å². The Labute approximate surface area is 103 Å². The Balaban J connectivity index is 1.93. The standard InChI is InChI=1S/C12H19FO3S/c1-3-15-12(14)9-4-5-11(10(13)8-9)16-17(2)6-7-17/h9H,3-8H2,1-2H3. The summed E-state index contributed by atoms with van der Waals surface area (Å²) < 4.78 is 24.5. The lowest BCUT2D eigenvalue weighted by Gasteiger charge is -2.25. The van der Waals surface area contributed by atoms with Crippen LogP contribution in [0.3, 0.4) is 0 Å². The number of carbonyl (C=O) groups is 1. The lowest BCUT2D eigenvalue weighted by atomic mass is 9.92. The Bertz CT molecular complexity index is 350. The van der Waals surface area contributed by atoms with E-state index < -0.39 is 10.3 Å². The van der Waals surface area contributed by atoms with Gasteiger partial charge in [0.25, 0.3) is 0 Å². The van der Waals surface area contributed by atoms with Gasteiger partial charge in [-0.15, -0.1) is 0 Å². The summed E-state index contributed by atoms with van der Waals surface area (Å²) in [5.41, 5.74) is 0. The predicted molar refractivity (Wildman–Crippen MR) is 66.4 cm³/mol. The van der Waals surface area contributed by atoms with E-state index in [1.54, 1.807) is 6.92 Å². The average Bonchev–Trinajstić information content (AvgIpc) is 3.00. The molecule has 1 atom stereocenters. The van der Waals surface area contributed by atoms with Crippen molar-refractivity contribution in [3.8, 4) is 0 Å². The molecule has 0 radical (unpaired) electrons. The molecule has 0 N–H and O–H groups in total. The van der Waals surface area contributed by atoms with Crippen molar-refractivity contribution in [2.75, 3.05) is 24.4 Å². The Morgan fingerprint density at radius 3 is 2.76 bits per heavy atom. The largest absolute Gasteiger partial charge is 0.466 e. The van der Waals surface area contributed by atoms with E-state index in [-0.39, 0.29) is 24.1 Å². The highest BCUT2D eigenvalue weighted by molar-refractivity contribution is 8.35. The van der Waals surface area contributed by atoms with E-state index in [9.17, 15) is 9.18 Å². The number of allylic oxidation sites excluding steroid dienone is 2. The van der Waals surface area contributed by atoms with Crippen LogP contribution < -0.4 is 0 Å². The monoisotopic (exact) mass is 262 g/mol. The van der Waals surface area contributed by atoms with Crippen LogP contribution >= 0.6 is 10.3 Å². The van der Waals surface area contributed by atoms with Gasteiger partial charge in [-0.2, -0.15) is 0 Å². The maximum absolute atomic E-state index is 13.8. The van der Waals surface area contributed by atoms with Gasteiger partial charge in [-0.05, 0) is 19.6 Å². The SMILES string of the molecule is CCOC(=O)C1CCC(OS2(C)CC2)=C(F)C1. The number of rotatable bonds is 4. The van der Waals surface area contributed by atoms with E-state index in [0.717, 1.165) is 11.5 Å². The zero-order valence-electron chi connectivity index (χ0n) is 10.3. The smallest absolute Gasteiger partial charge is 0.309 e. The van der Waals surface area contributed by atoms with Gasteiger partial charge < -0.3 is 8.92 Å². The quantitative estimate of drug-likeness (QED) is 0.577. The molecule has 17 heavy (non-hydrogen) atoms. The Hall–Kier alpha value is -0.710. The Kier molecular flexibility index (Phi) is 3.66. The minimum absolute atomic E-state index is 0.143. The predicted octanol–water partition coefficient (Wildman–Crippen LogP) is 2.91. The van der Waals surface area contributed by atoms with Gasteiger partial charge in [0.1, 0.15) is 11.6 Å². The van der Waals surface area contributed by atoms with Gasteiger partial charge in [-0.1, -0.05) is 10.3 Å². The first-order valence-electron chi connectivity index (χ1n) is 6.01. The van der Waals surface area contributed by atoms with Gasteiger partial charge in [0.05, 0.1) is 12.5 Å². The van der Waals surface area contributed by atoms with E-state index in [1.165, 1.54) is 0 Å². The molecule has 1 aliphatic carbocycles. The summed E-state index contributed by atoms with van der Waals surface area (Å²) in [6.45, 7) is 2.12. The van der Waals surface area contributed by atoms with E-state index in [2.05, 4.69) is 6.26 Å². The van der Waals surface area contributed by atoms with E-state index in [4.69, 9.17) is 8.92 Å². The summed E-state index contributed by atoms with van der Waals surface area (Å²) in [4.78, 5) is 11.5. The highest BCUT2D eigenvalue weighted by Crippen LogP contribution is 2.61. The fourth-order valence-corrected chi connectivity index (χ4v) is 3.63. The normalized spacial score (nSPS) is 28.5. The third-order valence-corrected chi connectivity index (χ3v) is 5.31. The van der Waals surface area contributed by atoms with Crippen LogP contribution in [0.5, 0.6) is 0 Å². The van der Waals surface area contributed by atoms with Crippen LogP contribution in [0.1, 0.15) is 26.2 Å². The molecule has 5 heteroatoms. The second-order valence-corrected chi connectivity index (χ2v) is 8.05. The lowest BCUT2D eigenvalue weighted by Crippen LogP contribution is -2.21. The molecule has 98 valence electrons. The minimum Gasteiger partial charge on any atom is -0.466 e. The average molecular weight is 262 g/mol. The summed E-state index contributed by atoms with van der Waals surface area (Å²) in [6.07, 6.45) is 3.38. The lowest BCUT2D eigenvalue weighted by molar-refractivity contribution is -0.148. The van der Waals surface area contributed by atoms with Crippen LogP contribution in [-0.2, 0) is 13.7 Å². The number of hydrogen-bond acceptors (Lipinski definition) is 3. The van der Waals surface area contributed by atoms with Crippen molar-refractivity contribution in [1.82, 2.24) is 0 Å². The molecule has 2 rings (SSSR count). The molecule has 0 bridgehead atoms. The van der Waals surface area contributed by atoms with Crippen LogP contribution in [0, 0.1) is 5.92 Å². The third kappa shape index (κ3) is 3.15. The molecule has 0 spiro atoms. The number of ether oxygens (including phenoxy) is 1. The molecular weight excluding hydrogens is 243 g/mol. The molecule has 1 heterocycles. The second-order valence-electron chi connectivity index (χ2n) is 4.70. The third-order valence-electron chi connectivity index (χ3n) is 3.15. The van der Waals surface area contributed by atoms with Crippen molar-refractivity contribution in [2.24, 2.45) is 5.92 Å². The van der Waals surface area contributed by atoms with Crippen molar-refractivity contribution < 1.29 is 18.1 Å². The van der Waals surface area contributed by atoms with Gasteiger partial charge in [0.15, 0.2) is 0 Å². The maximum atomic E-state index is 13.8. The first-order chi connectivity index (χ1) is 8.04. The van der Waals surface area contributed by atoms with Crippen LogP contribution in [0.25, 0.3) is 0 Å². The van der Waals surface area contributed by atoms with Crippen LogP contribution in [0.2, 0.25) is 0 Å². The van der Waals surface area contributed by atoms with Crippen LogP contribution in [-0.4, -0.2) is 30.3 Å². The van der Waals surface area contributed by atoms with Gasteiger partial charge in [-0.3, -0.25) is 4.79 Å². The molecule has 0 aromatic heterocycles. The maximum Gasteiger partial charge on any atom is 0.309 e. The molecule has 0 amide bonds. The highest BCUT2D eigenvalue weighted by atomic mass is 32.3. The topological polar surface area (TPSA) is 35.5 Å². The minimum atomic E-state index is -0.969. The summed E-state index contributed by atoms with van der Waals surface area (Å²) >= 11 is 0. The summed E-state index contributed by atoms with van der Waals surface area (Å²) in [6, 6.07) is 0. The first kappa shape index (κ1) is 12.7.